The topological polar surface area (TPSA) is 72.6 Å². The summed E-state index contributed by atoms with van der Waals surface area (Å²) in [5, 5.41) is -0.850. The number of morpholine rings is 1. The van der Waals surface area contributed by atoms with Gasteiger partial charge in [0.05, 0.1) is 16.2 Å². The molecule has 1 atom stereocenters. The minimum Gasteiger partial charge on any atom is -0.392 e. The van der Waals surface area contributed by atoms with Crippen LogP contribution in [0.2, 0.25) is 0 Å². The van der Waals surface area contributed by atoms with Crippen molar-refractivity contribution in [2.24, 2.45) is 5.73 Å². The SMILES string of the molecule is CC(C(N)=S)S(=O)(=O)N1CC(C)(C)OC(C)(C)C1. The van der Waals surface area contributed by atoms with Crippen LogP contribution in [0, 0.1) is 0 Å². The van der Waals surface area contributed by atoms with Gasteiger partial charge in [-0.3, -0.25) is 0 Å². The fraction of sp³-hybridized carbons (Fsp3) is 0.909. The van der Waals surface area contributed by atoms with Crippen LogP contribution in [0.1, 0.15) is 34.6 Å². The first-order chi connectivity index (χ1) is 7.87. The van der Waals surface area contributed by atoms with Gasteiger partial charge in [0.25, 0.3) is 0 Å². The lowest BCUT2D eigenvalue weighted by atomic mass is 10.0. The van der Waals surface area contributed by atoms with Crippen LogP contribution in [0.25, 0.3) is 0 Å². The Morgan fingerprint density at radius 2 is 1.67 bits per heavy atom. The smallest absolute Gasteiger partial charge is 0.223 e. The van der Waals surface area contributed by atoms with E-state index in [1.165, 1.54) is 11.2 Å². The molecule has 106 valence electrons. The highest BCUT2D eigenvalue weighted by atomic mass is 32.2. The third kappa shape index (κ3) is 3.40. The van der Waals surface area contributed by atoms with Gasteiger partial charge in [0, 0.05) is 13.1 Å². The van der Waals surface area contributed by atoms with Crippen molar-refractivity contribution in [1.29, 1.82) is 0 Å². The predicted octanol–water partition coefficient (Wildman–Crippen LogP) is 0.880. The molecule has 2 N–H and O–H groups in total. The van der Waals surface area contributed by atoms with Gasteiger partial charge in [-0.15, -0.1) is 0 Å². The summed E-state index contributed by atoms with van der Waals surface area (Å²) in [4.78, 5) is -0.00268. The van der Waals surface area contributed by atoms with Gasteiger partial charge in [-0.1, -0.05) is 12.2 Å². The van der Waals surface area contributed by atoms with E-state index in [9.17, 15) is 8.42 Å². The van der Waals surface area contributed by atoms with Crippen LogP contribution in [-0.4, -0.2) is 47.3 Å². The molecule has 0 bridgehead atoms. The van der Waals surface area contributed by atoms with Crippen molar-refractivity contribution in [3.8, 4) is 0 Å². The average molecular weight is 294 g/mol. The minimum atomic E-state index is -3.52. The molecule has 0 amide bonds. The number of ether oxygens (including phenoxy) is 1. The second kappa shape index (κ2) is 4.70. The molecule has 0 aliphatic carbocycles. The van der Waals surface area contributed by atoms with E-state index in [0.717, 1.165) is 0 Å². The van der Waals surface area contributed by atoms with Crippen LogP contribution in [0.3, 0.4) is 0 Å². The van der Waals surface area contributed by atoms with Gasteiger partial charge in [0.1, 0.15) is 5.25 Å². The first kappa shape index (κ1) is 15.8. The third-order valence-corrected chi connectivity index (χ3v) is 5.50. The first-order valence-corrected chi connectivity index (χ1v) is 7.77. The zero-order valence-electron chi connectivity index (χ0n) is 11.6. The summed E-state index contributed by atoms with van der Waals surface area (Å²) in [6, 6.07) is 0. The van der Waals surface area contributed by atoms with Crippen molar-refractivity contribution in [2.75, 3.05) is 13.1 Å². The van der Waals surface area contributed by atoms with Gasteiger partial charge in [-0.2, -0.15) is 4.31 Å². The molecule has 7 heteroatoms. The van der Waals surface area contributed by atoms with Crippen LogP contribution >= 0.6 is 12.2 Å². The summed E-state index contributed by atoms with van der Waals surface area (Å²) in [5.74, 6) is 0. The van der Waals surface area contributed by atoms with E-state index in [1.807, 2.05) is 27.7 Å². The van der Waals surface area contributed by atoms with E-state index in [0.29, 0.717) is 13.1 Å². The molecule has 0 aromatic rings. The number of thiocarbonyl (C=S) groups is 1. The van der Waals surface area contributed by atoms with Crippen LogP contribution < -0.4 is 5.73 Å². The lowest BCUT2D eigenvalue weighted by Crippen LogP contribution is -2.60. The minimum absolute atomic E-state index is 0.00268. The lowest BCUT2D eigenvalue weighted by Gasteiger charge is -2.46. The van der Waals surface area contributed by atoms with Crippen molar-refractivity contribution >= 4 is 27.2 Å². The summed E-state index contributed by atoms with van der Waals surface area (Å²) < 4.78 is 32.1. The Kier molecular flexibility index (Phi) is 4.13. The Morgan fingerprint density at radius 3 is 2.00 bits per heavy atom. The molecule has 1 aliphatic heterocycles. The van der Waals surface area contributed by atoms with Crippen molar-refractivity contribution in [2.45, 2.75) is 51.1 Å². The Hall–Kier alpha value is -0.240. The van der Waals surface area contributed by atoms with Crippen molar-refractivity contribution < 1.29 is 13.2 Å². The summed E-state index contributed by atoms with van der Waals surface area (Å²) in [5.41, 5.74) is 4.41. The number of hydrogen-bond acceptors (Lipinski definition) is 4. The molecule has 0 radical (unpaired) electrons. The van der Waals surface area contributed by atoms with Crippen LogP contribution in [0.4, 0.5) is 0 Å². The highest BCUT2D eigenvalue weighted by Crippen LogP contribution is 2.30. The second-order valence-electron chi connectivity index (χ2n) is 5.98. The molecule has 0 spiro atoms. The molecular formula is C11H22N2O3S2. The zero-order valence-corrected chi connectivity index (χ0v) is 13.2. The van der Waals surface area contributed by atoms with Crippen LogP contribution in [0.15, 0.2) is 0 Å². The van der Waals surface area contributed by atoms with Gasteiger partial charge < -0.3 is 10.5 Å². The van der Waals surface area contributed by atoms with Crippen molar-refractivity contribution in [3.63, 3.8) is 0 Å². The maximum Gasteiger partial charge on any atom is 0.223 e. The standard InChI is InChI=1S/C11H22N2O3S2/c1-8(9(12)17)18(14,15)13-6-10(2,3)16-11(4,5)7-13/h8H,6-7H2,1-5H3,(H2,12,17). The molecule has 1 unspecified atom stereocenters. The summed E-state index contributed by atoms with van der Waals surface area (Å²) in [6.07, 6.45) is 0. The van der Waals surface area contributed by atoms with E-state index >= 15 is 0 Å². The fourth-order valence-corrected chi connectivity index (χ4v) is 4.36. The monoisotopic (exact) mass is 294 g/mol. The van der Waals surface area contributed by atoms with E-state index in [1.54, 1.807) is 0 Å². The third-order valence-electron chi connectivity index (χ3n) is 2.87. The Bertz CT molecular complexity index is 427. The van der Waals surface area contributed by atoms with E-state index < -0.39 is 26.5 Å². The summed E-state index contributed by atoms with van der Waals surface area (Å²) in [6.45, 7) is 9.65. The van der Waals surface area contributed by atoms with E-state index in [4.69, 9.17) is 22.7 Å². The van der Waals surface area contributed by atoms with Crippen LogP contribution in [-0.2, 0) is 14.8 Å². The summed E-state index contributed by atoms with van der Waals surface area (Å²) in [7, 11) is -3.52. The highest BCUT2D eigenvalue weighted by molar-refractivity contribution is 7.92. The van der Waals surface area contributed by atoms with Gasteiger partial charge in [0.15, 0.2) is 0 Å². The number of sulfonamides is 1. The van der Waals surface area contributed by atoms with Crippen molar-refractivity contribution in [3.05, 3.63) is 0 Å². The first-order valence-electron chi connectivity index (χ1n) is 5.86. The fourth-order valence-electron chi connectivity index (χ4n) is 2.27. The summed E-state index contributed by atoms with van der Waals surface area (Å²) >= 11 is 4.79. The van der Waals surface area contributed by atoms with Gasteiger partial charge in [-0.05, 0) is 34.6 Å². The Balaban J connectivity index is 3.06. The van der Waals surface area contributed by atoms with Gasteiger partial charge >= 0.3 is 0 Å². The Morgan fingerprint density at radius 1 is 1.28 bits per heavy atom. The normalized spacial score (nSPS) is 25.6. The molecule has 1 heterocycles. The zero-order chi connectivity index (χ0) is 14.4. The van der Waals surface area contributed by atoms with Crippen LogP contribution in [0.5, 0.6) is 0 Å². The van der Waals surface area contributed by atoms with Gasteiger partial charge in [0.2, 0.25) is 10.0 Å². The Labute approximate surface area is 115 Å². The second-order valence-corrected chi connectivity index (χ2v) is 8.70. The number of rotatable bonds is 3. The number of hydrogen-bond donors (Lipinski definition) is 1. The highest BCUT2D eigenvalue weighted by Gasteiger charge is 2.44. The van der Waals surface area contributed by atoms with Crippen molar-refractivity contribution in [1.82, 2.24) is 4.31 Å². The lowest BCUT2D eigenvalue weighted by molar-refractivity contribution is -0.164. The molecule has 1 aliphatic rings. The number of nitrogens with two attached hydrogens (primary N) is 1. The molecule has 1 saturated heterocycles. The predicted molar refractivity (Wildman–Crippen MR) is 76.0 cm³/mol. The molecule has 0 aromatic carbocycles. The van der Waals surface area contributed by atoms with Gasteiger partial charge in [-0.25, -0.2) is 8.42 Å². The maximum atomic E-state index is 12.4. The molecule has 0 aromatic heterocycles. The van der Waals surface area contributed by atoms with E-state index in [-0.39, 0.29) is 4.99 Å². The maximum absolute atomic E-state index is 12.4. The number of nitrogens with zero attached hydrogens (tertiary/aromatic N) is 1. The molecule has 1 rings (SSSR count). The largest absolute Gasteiger partial charge is 0.392 e. The quantitative estimate of drug-likeness (QED) is 0.782. The molecule has 0 saturated carbocycles. The molecule has 5 nitrogen and oxygen atoms in total. The molecule has 1 fully saturated rings. The van der Waals surface area contributed by atoms with E-state index in [2.05, 4.69) is 0 Å². The molecular weight excluding hydrogens is 272 g/mol. The average Bonchev–Trinajstić information content (AvgIpc) is 2.11. The molecule has 18 heavy (non-hydrogen) atoms.